The molecule has 0 N–H and O–H groups in total. The Morgan fingerprint density at radius 3 is 2.67 bits per heavy atom. The van der Waals surface area contributed by atoms with Crippen LogP contribution in [-0.2, 0) is 11.3 Å². The Balaban J connectivity index is 1.56. The number of fused-ring (bicyclic) bond motifs is 2. The molecule has 3 rings (SSSR count). The Labute approximate surface area is 136 Å². The highest BCUT2D eigenvalue weighted by molar-refractivity contribution is 6.42. The van der Waals surface area contributed by atoms with Crippen molar-refractivity contribution in [3.05, 3.63) is 33.8 Å². The summed E-state index contributed by atoms with van der Waals surface area (Å²) in [5.41, 5.74) is 1.02. The number of hydrogen-bond donors (Lipinski definition) is 0. The molecule has 1 amide bonds. The normalized spacial score (nSPS) is 27.1. The molecule has 3 atom stereocenters. The molecule has 1 aromatic rings. The Hall–Kier alpha value is -0.730. The van der Waals surface area contributed by atoms with Crippen LogP contribution in [0.3, 0.4) is 0 Å². The number of hydrogen-bond acceptors (Lipinski definition) is 1. The van der Waals surface area contributed by atoms with Crippen molar-refractivity contribution < 1.29 is 4.79 Å². The molecule has 2 aliphatic carbocycles. The van der Waals surface area contributed by atoms with Crippen LogP contribution in [0.2, 0.25) is 10.0 Å². The van der Waals surface area contributed by atoms with Gasteiger partial charge in [-0.05, 0) is 54.7 Å². The SMILES string of the molecule is CN(Cc1ccc(Cl)c(Cl)c1)C(=O)CC1CC2CCC1C2. The summed E-state index contributed by atoms with van der Waals surface area (Å²) < 4.78 is 0. The highest BCUT2D eigenvalue weighted by atomic mass is 35.5. The van der Waals surface area contributed by atoms with Gasteiger partial charge in [-0.25, -0.2) is 0 Å². The van der Waals surface area contributed by atoms with E-state index in [1.165, 1.54) is 25.7 Å². The molecule has 2 saturated carbocycles. The van der Waals surface area contributed by atoms with Gasteiger partial charge in [0, 0.05) is 20.0 Å². The van der Waals surface area contributed by atoms with Crippen molar-refractivity contribution in [2.75, 3.05) is 7.05 Å². The molecule has 4 heteroatoms. The second-order valence-electron chi connectivity index (χ2n) is 6.64. The van der Waals surface area contributed by atoms with E-state index in [2.05, 4.69) is 0 Å². The maximum atomic E-state index is 12.4. The van der Waals surface area contributed by atoms with Crippen LogP contribution in [0.5, 0.6) is 0 Å². The van der Waals surface area contributed by atoms with Crippen molar-refractivity contribution in [1.29, 1.82) is 0 Å². The van der Waals surface area contributed by atoms with Gasteiger partial charge in [-0.3, -0.25) is 4.79 Å². The summed E-state index contributed by atoms with van der Waals surface area (Å²) in [5.74, 6) is 2.57. The van der Waals surface area contributed by atoms with Gasteiger partial charge >= 0.3 is 0 Å². The van der Waals surface area contributed by atoms with Crippen molar-refractivity contribution >= 4 is 29.1 Å². The van der Waals surface area contributed by atoms with Gasteiger partial charge in [0.15, 0.2) is 0 Å². The van der Waals surface area contributed by atoms with Gasteiger partial charge in [0.1, 0.15) is 0 Å². The molecule has 0 spiro atoms. The highest BCUT2D eigenvalue weighted by Gasteiger charge is 2.40. The standard InChI is InChI=1S/C17H21Cl2NO/c1-20(10-12-3-5-15(18)16(19)8-12)17(21)9-14-7-11-2-4-13(14)6-11/h3,5,8,11,13-14H,2,4,6-7,9-10H2,1H3. The third-order valence-electron chi connectivity index (χ3n) is 5.15. The maximum absolute atomic E-state index is 12.4. The van der Waals surface area contributed by atoms with E-state index in [1.807, 2.05) is 24.1 Å². The lowest BCUT2D eigenvalue weighted by Gasteiger charge is -2.24. The number of amides is 1. The van der Waals surface area contributed by atoms with Crippen molar-refractivity contribution in [3.63, 3.8) is 0 Å². The third-order valence-corrected chi connectivity index (χ3v) is 5.89. The first-order valence-corrected chi connectivity index (χ1v) is 8.46. The topological polar surface area (TPSA) is 20.3 Å². The molecule has 2 nitrogen and oxygen atoms in total. The summed E-state index contributed by atoms with van der Waals surface area (Å²) in [6, 6.07) is 5.55. The van der Waals surface area contributed by atoms with Gasteiger partial charge in [-0.2, -0.15) is 0 Å². The van der Waals surface area contributed by atoms with Crippen LogP contribution in [0.4, 0.5) is 0 Å². The first-order chi connectivity index (χ1) is 10.0. The van der Waals surface area contributed by atoms with Crippen LogP contribution in [-0.4, -0.2) is 17.9 Å². The third kappa shape index (κ3) is 3.37. The average molecular weight is 326 g/mol. The second kappa shape index (κ2) is 6.18. The molecule has 1 aromatic carbocycles. The van der Waals surface area contributed by atoms with Gasteiger partial charge in [0.25, 0.3) is 0 Å². The molecule has 0 heterocycles. The Morgan fingerprint density at radius 1 is 1.24 bits per heavy atom. The molecule has 0 aliphatic heterocycles. The van der Waals surface area contributed by atoms with Crippen molar-refractivity contribution in [2.24, 2.45) is 17.8 Å². The van der Waals surface area contributed by atoms with Gasteiger partial charge in [0.05, 0.1) is 10.0 Å². The second-order valence-corrected chi connectivity index (χ2v) is 7.45. The first kappa shape index (κ1) is 15.2. The van der Waals surface area contributed by atoms with Crippen LogP contribution in [0.15, 0.2) is 18.2 Å². The lowest BCUT2D eigenvalue weighted by Crippen LogP contribution is -2.29. The van der Waals surface area contributed by atoms with E-state index in [0.717, 1.165) is 17.4 Å². The van der Waals surface area contributed by atoms with Crippen LogP contribution in [0, 0.1) is 17.8 Å². The van der Waals surface area contributed by atoms with Crippen LogP contribution in [0.25, 0.3) is 0 Å². The van der Waals surface area contributed by atoms with Gasteiger partial charge < -0.3 is 4.90 Å². The molecular formula is C17H21Cl2NO. The fraction of sp³-hybridized carbons (Fsp3) is 0.588. The molecule has 0 saturated heterocycles. The van der Waals surface area contributed by atoms with Crippen LogP contribution >= 0.6 is 23.2 Å². The highest BCUT2D eigenvalue weighted by Crippen LogP contribution is 2.49. The Bertz CT molecular complexity index is 546. The number of nitrogens with zero attached hydrogens (tertiary/aromatic N) is 1. The summed E-state index contributed by atoms with van der Waals surface area (Å²) in [6.45, 7) is 0.594. The summed E-state index contributed by atoms with van der Waals surface area (Å²) in [5, 5.41) is 1.10. The summed E-state index contributed by atoms with van der Waals surface area (Å²) in [4.78, 5) is 14.2. The summed E-state index contributed by atoms with van der Waals surface area (Å²) >= 11 is 11.9. The summed E-state index contributed by atoms with van der Waals surface area (Å²) in [7, 11) is 1.87. The van der Waals surface area contributed by atoms with Crippen LogP contribution < -0.4 is 0 Å². The van der Waals surface area contributed by atoms with E-state index >= 15 is 0 Å². The van der Waals surface area contributed by atoms with Crippen molar-refractivity contribution in [1.82, 2.24) is 4.90 Å². The monoisotopic (exact) mass is 325 g/mol. The first-order valence-electron chi connectivity index (χ1n) is 7.71. The molecule has 3 unspecified atom stereocenters. The smallest absolute Gasteiger partial charge is 0.222 e. The van der Waals surface area contributed by atoms with E-state index in [1.54, 1.807) is 6.07 Å². The lowest BCUT2D eigenvalue weighted by molar-refractivity contribution is -0.131. The minimum absolute atomic E-state index is 0.249. The van der Waals surface area contributed by atoms with E-state index in [9.17, 15) is 4.79 Å². The Morgan fingerprint density at radius 2 is 2.05 bits per heavy atom. The van der Waals surface area contributed by atoms with Gasteiger partial charge in [0.2, 0.25) is 5.91 Å². The number of rotatable bonds is 4. The number of carbonyl (C=O) groups excluding carboxylic acids is 1. The van der Waals surface area contributed by atoms with Crippen LogP contribution in [0.1, 0.15) is 37.7 Å². The molecule has 21 heavy (non-hydrogen) atoms. The zero-order valence-corrected chi connectivity index (χ0v) is 13.8. The number of halogens is 2. The van der Waals surface area contributed by atoms with E-state index in [0.29, 0.717) is 28.9 Å². The minimum Gasteiger partial charge on any atom is -0.341 e. The van der Waals surface area contributed by atoms with Gasteiger partial charge in [-0.1, -0.05) is 35.7 Å². The van der Waals surface area contributed by atoms with Crippen molar-refractivity contribution in [2.45, 2.75) is 38.6 Å². The lowest BCUT2D eigenvalue weighted by atomic mass is 9.86. The predicted molar refractivity (Wildman–Crippen MR) is 86.5 cm³/mol. The number of benzene rings is 1. The predicted octanol–water partition coefficient (Wildman–Crippen LogP) is 4.78. The quantitative estimate of drug-likeness (QED) is 0.780. The van der Waals surface area contributed by atoms with Gasteiger partial charge in [-0.15, -0.1) is 0 Å². The minimum atomic E-state index is 0.249. The number of carbonyl (C=O) groups is 1. The van der Waals surface area contributed by atoms with E-state index < -0.39 is 0 Å². The molecule has 0 aromatic heterocycles. The fourth-order valence-corrected chi connectivity index (χ4v) is 4.33. The molecule has 2 aliphatic rings. The Kier molecular flexibility index (Phi) is 4.46. The molecular weight excluding hydrogens is 305 g/mol. The molecule has 114 valence electrons. The largest absolute Gasteiger partial charge is 0.341 e. The van der Waals surface area contributed by atoms with E-state index in [4.69, 9.17) is 23.2 Å². The zero-order valence-electron chi connectivity index (χ0n) is 12.3. The zero-order chi connectivity index (χ0) is 15.0. The molecule has 0 radical (unpaired) electrons. The maximum Gasteiger partial charge on any atom is 0.222 e. The molecule has 2 fully saturated rings. The summed E-state index contributed by atoms with van der Waals surface area (Å²) in [6.07, 6.45) is 6.04. The molecule has 2 bridgehead atoms. The fourth-order valence-electron chi connectivity index (χ4n) is 4.01. The van der Waals surface area contributed by atoms with Crippen molar-refractivity contribution in [3.8, 4) is 0 Å². The van der Waals surface area contributed by atoms with E-state index in [-0.39, 0.29) is 5.91 Å². The average Bonchev–Trinajstić information content (AvgIpc) is 3.05.